The fourth-order valence-corrected chi connectivity index (χ4v) is 1.80. The summed E-state index contributed by atoms with van der Waals surface area (Å²) < 4.78 is 80.5. The number of ether oxygens (including phenoxy) is 1. The molecule has 116 valence electrons. The maximum Gasteiger partial charge on any atom is 0.433 e. The highest BCUT2D eigenvalue weighted by atomic mass is 79.9. The molecule has 0 spiro atoms. The zero-order valence-electron chi connectivity index (χ0n) is 10.1. The van der Waals surface area contributed by atoms with Gasteiger partial charge in [-0.1, -0.05) is 0 Å². The van der Waals surface area contributed by atoms with Crippen LogP contribution in [-0.4, -0.2) is 26.9 Å². The molecular weight excluding hydrogens is 372 g/mol. The standard InChI is InChI=1S/C10H6BrF6N3O/c1-4(9(12,13)14)21-5-2-3-6(10(15,16)17)20-7(5)18-8(11)19-20/h2-4H,1H3. The largest absolute Gasteiger partial charge is 0.477 e. The molecule has 0 fully saturated rings. The van der Waals surface area contributed by atoms with E-state index in [0.717, 1.165) is 13.0 Å². The molecule has 21 heavy (non-hydrogen) atoms. The van der Waals surface area contributed by atoms with Crippen LogP contribution in [0, 0.1) is 0 Å². The van der Waals surface area contributed by atoms with E-state index in [1.54, 1.807) is 0 Å². The van der Waals surface area contributed by atoms with E-state index in [2.05, 4.69) is 30.7 Å². The van der Waals surface area contributed by atoms with Gasteiger partial charge < -0.3 is 4.74 Å². The summed E-state index contributed by atoms with van der Waals surface area (Å²) in [5, 5.41) is 3.45. The molecule has 0 amide bonds. The lowest BCUT2D eigenvalue weighted by molar-refractivity contribution is -0.189. The van der Waals surface area contributed by atoms with Crippen molar-refractivity contribution < 1.29 is 31.1 Å². The van der Waals surface area contributed by atoms with E-state index >= 15 is 0 Å². The fraction of sp³-hybridized carbons (Fsp3) is 0.400. The van der Waals surface area contributed by atoms with Gasteiger partial charge in [-0.05, 0) is 35.0 Å². The van der Waals surface area contributed by atoms with Crippen molar-refractivity contribution in [2.24, 2.45) is 0 Å². The third-order valence-electron chi connectivity index (χ3n) is 2.48. The van der Waals surface area contributed by atoms with Crippen LogP contribution in [-0.2, 0) is 6.18 Å². The Morgan fingerprint density at radius 1 is 1.19 bits per heavy atom. The predicted molar refractivity (Wildman–Crippen MR) is 61.8 cm³/mol. The molecule has 11 heteroatoms. The van der Waals surface area contributed by atoms with Crippen LogP contribution >= 0.6 is 15.9 Å². The molecule has 2 aromatic rings. The summed E-state index contributed by atoms with van der Waals surface area (Å²) in [7, 11) is 0. The van der Waals surface area contributed by atoms with Gasteiger partial charge in [0.1, 0.15) is 5.69 Å². The van der Waals surface area contributed by atoms with Gasteiger partial charge in [0.05, 0.1) is 0 Å². The minimum absolute atomic E-state index is 0.205. The van der Waals surface area contributed by atoms with E-state index in [9.17, 15) is 26.3 Å². The summed E-state index contributed by atoms with van der Waals surface area (Å²) in [5.41, 5.74) is -1.64. The highest BCUT2D eigenvalue weighted by Gasteiger charge is 2.39. The van der Waals surface area contributed by atoms with Crippen LogP contribution in [0.15, 0.2) is 16.9 Å². The minimum Gasteiger partial charge on any atom is -0.477 e. The van der Waals surface area contributed by atoms with Crippen molar-refractivity contribution in [2.45, 2.75) is 25.4 Å². The average molecular weight is 378 g/mol. The van der Waals surface area contributed by atoms with Gasteiger partial charge in [-0.15, -0.1) is 5.10 Å². The van der Waals surface area contributed by atoms with E-state index < -0.39 is 35.5 Å². The molecule has 1 unspecified atom stereocenters. The second-order valence-corrected chi connectivity index (χ2v) is 4.71. The van der Waals surface area contributed by atoms with Crippen LogP contribution in [0.4, 0.5) is 26.3 Å². The molecule has 0 aliphatic rings. The van der Waals surface area contributed by atoms with Crippen molar-refractivity contribution in [3.63, 3.8) is 0 Å². The monoisotopic (exact) mass is 377 g/mol. The molecule has 0 bridgehead atoms. The Bertz CT molecular complexity index is 665. The van der Waals surface area contributed by atoms with Gasteiger partial charge in [0, 0.05) is 0 Å². The number of halogens is 7. The van der Waals surface area contributed by atoms with Crippen molar-refractivity contribution >= 4 is 21.6 Å². The molecule has 0 aromatic carbocycles. The summed E-state index contributed by atoms with van der Waals surface area (Å²) in [5.74, 6) is -0.453. The Balaban J connectivity index is 2.53. The number of rotatable bonds is 2. The van der Waals surface area contributed by atoms with Crippen LogP contribution in [0.2, 0.25) is 0 Å². The van der Waals surface area contributed by atoms with Crippen LogP contribution in [0.25, 0.3) is 5.65 Å². The normalized spacial score (nSPS) is 14.5. The lowest BCUT2D eigenvalue weighted by atomic mass is 10.3. The molecule has 1 atom stereocenters. The van der Waals surface area contributed by atoms with E-state index in [1.165, 1.54) is 0 Å². The van der Waals surface area contributed by atoms with Gasteiger partial charge in [-0.2, -0.15) is 31.3 Å². The molecule has 2 heterocycles. The smallest absolute Gasteiger partial charge is 0.433 e. The van der Waals surface area contributed by atoms with Crippen LogP contribution in [0.1, 0.15) is 12.6 Å². The number of nitrogens with zero attached hydrogens (tertiary/aromatic N) is 3. The molecule has 0 aliphatic heterocycles. The van der Waals surface area contributed by atoms with Crippen molar-refractivity contribution in [2.75, 3.05) is 0 Å². The Morgan fingerprint density at radius 3 is 2.33 bits per heavy atom. The highest BCUT2D eigenvalue weighted by molar-refractivity contribution is 9.10. The first-order valence-corrected chi connectivity index (χ1v) is 6.15. The molecule has 2 rings (SSSR count). The second-order valence-electron chi connectivity index (χ2n) is 4.00. The zero-order chi connectivity index (χ0) is 16.0. The van der Waals surface area contributed by atoms with Crippen molar-refractivity contribution in [1.82, 2.24) is 14.6 Å². The van der Waals surface area contributed by atoms with Crippen molar-refractivity contribution in [3.05, 3.63) is 22.6 Å². The second kappa shape index (κ2) is 5.04. The van der Waals surface area contributed by atoms with Gasteiger partial charge in [0.25, 0.3) is 0 Å². The van der Waals surface area contributed by atoms with E-state index in [4.69, 9.17) is 0 Å². The molecular formula is C10H6BrF6N3O. The number of alkyl halides is 6. The molecule has 0 saturated carbocycles. The maximum absolute atomic E-state index is 12.8. The zero-order valence-corrected chi connectivity index (χ0v) is 11.7. The van der Waals surface area contributed by atoms with Gasteiger partial charge in [-0.3, -0.25) is 0 Å². The summed E-state index contributed by atoms with van der Waals surface area (Å²) in [4.78, 5) is 3.60. The van der Waals surface area contributed by atoms with E-state index in [-0.39, 0.29) is 4.73 Å². The van der Waals surface area contributed by atoms with Crippen molar-refractivity contribution in [3.8, 4) is 5.75 Å². The molecule has 4 nitrogen and oxygen atoms in total. The molecule has 2 aromatic heterocycles. The van der Waals surface area contributed by atoms with E-state index in [1.807, 2.05) is 0 Å². The highest BCUT2D eigenvalue weighted by Crippen LogP contribution is 2.34. The third-order valence-corrected chi connectivity index (χ3v) is 2.81. The summed E-state index contributed by atoms with van der Waals surface area (Å²) in [6.07, 6.45) is -11.6. The fourth-order valence-electron chi connectivity index (χ4n) is 1.48. The Labute approximate surface area is 121 Å². The molecule has 0 aliphatic carbocycles. The van der Waals surface area contributed by atoms with Crippen LogP contribution < -0.4 is 4.74 Å². The first kappa shape index (κ1) is 15.9. The Kier molecular flexibility index (Phi) is 3.80. The SMILES string of the molecule is CC(Oc1ccc(C(F)(F)F)n2nc(Br)nc12)C(F)(F)F. The quantitative estimate of drug-likeness (QED) is 0.746. The van der Waals surface area contributed by atoms with Crippen LogP contribution in [0.5, 0.6) is 5.75 Å². The molecule has 0 radical (unpaired) electrons. The summed E-state index contributed by atoms with van der Waals surface area (Å²) >= 11 is 2.78. The van der Waals surface area contributed by atoms with Crippen molar-refractivity contribution in [1.29, 1.82) is 0 Å². The lowest BCUT2D eigenvalue weighted by Gasteiger charge is -2.18. The van der Waals surface area contributed by atoms with Gasteiger partial charge >= 0.3 is 12.4 Å². The van der Waals surface area contributed by atoms with Gasteiger partial charge in [-0.25, -0.2) is 4.52 Å². The maximum atomic E-state index is 12.8. The lowest BCUT2D eigenvalue weighted by Crippen LogP contribution is -2.31. The molecule has 0 saturated heterocycles. The van der Waals surface area contributed by atoms with E-state index in [0.29, 0.717) is 10.6 Å². The first-order valence-electron chi connectivity index (χ1n) is 5.36. The average Bonchev–Trinajstić information content (AvgIpc) is 2.67. The predicted octanol–water partition coefficient (Wildman–Crippen LogP) is 3.84. The van der Waals surface area contributed by atoms with Crippen LogP contribution in [0.3, 0.4) is 0 Å². The van der Waals surface area contributed by atoms with Gasteiger partial charge in [0.2, 0.25) is 4.73 Å². The number of hydrogen-bond acceptors (Lipinski definition) is 3. The number of hydrogen-bond donors (Lipinski definition) is 0. The van der Waals surface area contributed by atoms with Gasteiger partial charge in [0.15, 0.2) is 17.5 Å². The first-order chi connectivity index (χ1) is 9.50. The third kappa shape index (κ3) is 3.22. The topological polar surface area (TPSA) is 39.4 Å². The minimum atomic E-state index is -4.74. The Hall–Kier alpha value is -1.52. The Morgan fingerprint density at radius 2 is 1.81 bits per heavy atom. The molecule has 0 N–H and O–H groups in total. The number of pyridine rings is 1. The number of fused-ring (bicyclic) bond motifs is 1. The summed E-state index contributed by atoms with van der Waals surface area (Å²) in [6.45, 7) is 0.736. The summed E-state index contributed by atoms with van der Waals surface area (Å²) in [6, 6.07) is 1.36. The number of aromatic nitrogens is 3.